The van der Waals surface area contributed by atoms with Crippen LogP contribution in [0.1, 0.15) is 52.4 Å². The molecule has 0 aromatic carbocycles. The van der Waals surface area contributed by atoms with Crippen molar-refractivity contribution in [3.8, 4) is 0 Å². The molecule has 0 amide bonds. The quantitative estimate of drug-likeness (QED) is 0.826. The normalized spacial score (nSPS) is 40.4. The Hall–Kier alpha value is -0.120. The third kappa shape index (κ3) is 2.70. The lowest BCUT2D eigenvalue weighted by Gasteiger charge is -2.36. The van der Waals surface area contributed by atoms with Crippen LogP contribution in [0.4, 0.5) is 0 Å². The minimum atomic E-state index is 0.755. The summed E-state index contributed by atoms with van der Waals surface area (Å²) in [5.74, 6) is 0.755. The van der Waals surface area contributed by atoms with Gasteiger partial charge < -0.3 is 5.73 Å². The Bertz CT molecular complexity index is 302. The molecule has 1 saturated heterocycles. The molecule has 3 aliphatic rings. The fourth-order valence-electron chi connectivity index (χ4n) is 4.67. The predicted octanol–water partition coefficient (Wildman–Crippen LogP) is 2.06. The van der Waals surface area contributed by atoms with Gasteiger partial charge in [0.15, 0.2) is 0 Å². The van der Waals surface area contributed by atoms with Crippen LogP contribution in [0.5, 0.6) is 0 Å². The van der Waals surface area contributed by atoms with Crippen LogP contribution in [-0.2, 0) is 0 Å². The van der Waals surface area contributed by atoms with Gasteiger partial charge in [-0.15, -0.1) is 0 Å². The first kappa shape index (κ1) is 13.8. The largest absolute Gasteiger partial charge is 0.330 e. The Morgan fingerprint density at radius 1 is 1.21 bits per heavy atom. The molecule has 3 rings (SSSR count). The first-order chi connectivity index (χ1) is 9.24. The van der Waals surface area contributed by atoms with E-state index in [2.05, 4.69) is 23.6 Å². The maximum Gasteiger partial charge on any atom is 0.0241 e. The molecule has 4 unspecified atom stereocenters. The zero-order valence-corrected chi connectivity index (χ0v) is 12.7. The van der Waals surface area contributed by atoms with Crippen LogP contribution >= 0.6 is 0 Å². The monoisotopic (exact) mass is 265 g/mol. The molecule has 0 aromatic heterocycles. The van der Waals surface area contributed by atoms with Gasteiger partial charge in [0.1, 0.15) is 0 Å². The van der Waals surface area contributed by atoms with E-state index in [-0.39, 0.29) is 0 Å². The second-order valence-electron chi connectivity index (χ2n) is 6.99. The Kier molecular flexibility index (Phi) is 4.16. The van der Waals surface area contributed by atoms with Crippen molar-refractivity contribution in [2.75, 3.05) is 19.6 Å². The molecule has 19 heavy (non-hydrogen) atoms. The molecule has 0 aromatic rings. The van der Waals surface area contributed by atoms with E-state index in [1.165, 1.54) is 51.6 Å². The maximum atomic E-state index is 5.99. The first-order valence-corrected chi connectivity index (χ1v) is 8.46. The number of hydrogen-bond acceptors (Lipinski definition) is 3. The third-order valence-electron chi connectivity index (χ3n) is 5.80. The van der Waals surface area contributed by atoms with Gasteiger partial charge in [-0.3, -0.25) is 9.80 Å². The minimum Gasteiger partial charge on any atom is -0.330 e. The van der Waals surface area contributed by atoms with Gasteiger partial charge in [-0.05, 0) is 58.0 Å². The molecule has 1 aliphatic heterocycles. The number of rotatable bonds is 5. The van der Waals surface area contributed by atoms with E-state index in [1.807, 2.05) is 0 Å². The first-order valence-electron chi connectivity index (χ1n) is 8.46. The van der Waals surface area contributed by atoms with Crippen molar-refractivity contribution in [3.05, 3.63) is 0 Å². The summed E-state index contributed by atoms with van der Waals surface area (Å²) in [5.41, 5.74) is 5.99. The smallest absolute Gasteiger partial charge is 0.0241 e. The summed E-state index contributed by atoms with van der Waals surface area (Å²) in [6, 6.07) is 3.28. The highest BCUT2D eigenvalue weighted by molar-refractivity contribution is 4.99. The number of likely N-dealkylation sites (N-methyl/N-ethyl adjacent to an activating group) is 1. The van der Waals surface area contributed by atoms with Crippen molar-refractivity contribution in [2.45, 2.75) is 76.5 Å². The lowest BCUT2D eigenvalue weighted by atomic mass is 9.99. The Morgan fingerprint density at radius 3 is 2.63 bits per heavy atom. The molecule has 110 valence electrons. The van der Waals surface area contributed by atoms with E-state index in [4.69, 9.17) is 5.73 Å². The zero-order chi connectivity index (χ0) is 13.4. The lowest BCUT2D eigenvalue weighted by Crippen LogP contribution is -2.47. The number of nitrogens with two attached hydrogens (primary N) is 1. The molecular weight excluding hydrogens is 234 g/mol. The average molecular weight is 265 g/mol. The van der Waals surface area contributed by atoms with Gasteiger partial charge in [0.05, 0.1) is 0 Å². The molecule has 2 N–H and O–H groups in total. The topological polar surface area (TPSA) is 32.5 Å². The Balaban J connectivity index is 1.65. The van der Waals surface area contributed by atoms with Crippen LogP contribution in [0.2, 0.25) is 0 Å². The van der Waals surface area contributed by atoms with E-state index in [9.17, 15) is 0 Å². The lowest BCUT2D eigenvalue weighted by molar-refractivity contribution is 0.115. The standard InChI is InChI=1S/C16H31N3/c1-3-18(16-6-4-5-13(16)10-17)15-9-12(2)19(11-15)14-7-8-14/h12-16H,3-11,17H2,1-2H3. The summed E-state index contributed by atoms with van der Waals surface area (Å²) in [7, 11) is 0. The highest BCUT2D eigenvalue weighted by atomic mass is 15.3. The summed E-state index contributed by atoms with van der Waals surface area (Å²) in [4.78, 5) is 5.59. The molecule has 0 spiro atoms. The van der Waals surface area contributed by atoms with Crippen molar-refractivity contribution >= 4 is 0 Å². The third-order valence-corrected chi connectivity index (χ3v) is 5.80. The van der Waals surface area contributed by atoms with Crippen LogP contribution in [0.25, 0.3) is 0 Å². The molecular formula is C16H31N3. The van der Waals surface area contributed by atoms with E-state index in [0.717, 1.165) is 36.6 Å². The van der Waals surface area contributed by atoms with E-state index in [1.54, 1.807) is 0 Å². The second-order valence-corrected chi connectivity index (χ2v) is 6.99. The Morgan fingerprint density at radius 2 is 2.00 bits per heavy atom. The fraction of sp³-hybridized carbons (Fsp3) is 1.00. The summed E-state index contributed by atoms with van der Waals surface area (Å²) in [6.45, 7) is 8.18. The highest BCUT2D eigenvalue weighted by Gasteiger charge is 2.43. The molecule has 2 saturated carbocycles. The Labute approximate surface area is 118 Å². The van der Waals surface area contributed by atoms with Crippen molar-refractivity contribution in [3.63, 3.8) is 0 Å². The van der Waals surface area contributed by atoms with Crippen molar-refractivity contribution in [1.29, 1.82) is 0 Å². The fourth-order valence-corrected chi connectivity index (χ4v) is 4.67. The van der Waals surface area contributed by atoms with Crippen LogP contribution in [0.3, 0.4) is 0 Å². The van der Waals surface area contributed by atoms with Gasteiger partial charge in [-0.2, -0.15) is 0 Å². The van der Waals surface area contributed by atoms with Crippen LogP contribution < -0.4 is 5.73 Å². The van der Waals surface area contributed by atoms with Crippen LogP contribution in [-0.4, -0.2) is 53.6 Å². The van der Waals surface area contributed by atoms with E-state index >= 15 is 0 Å². The minimum absolute atomic E-state index is 0.755. The average Bonchev–Trinajstić information content (AvgIpc) is 3.02. The summed E-state index contributed by atoms with van der Waals surface area (Å²) in [5, 5.41) is 0. The zero-order valence-electron chi connectivity index (χ0n) is 12.7. The number of hydrogen-bond donors (Lipinski definition) is 1. The molecule has 3 nitrogen and oxygen atoms in total. The molecule has 2 aliphatic carbocycles. The maximum absolute atomic E-state index is 5.99. The SMILES string of the molecule is CCN(C1CC(C)N(C2CC2)C1)C1CCCC1CN. The van der Waals surface area contributed by atoms with E-state index in [0.29, 0.717) is 0 Å². The second kappa shape index (κ2) is 5.71. The van der Waals surface area contributed by atoms with Gasteiger partial charge >= 0.3 is 0 Å². The molecule has 0 bridgehead atoms. The summed E-state index contributed by atoms with van der Waals surface area (Å²) >= 11 is 0. The van der Waals surface area contributed by atoms with Gasteiger partial charge in [0.25, 0.3) is 0 Å². The van der Waals surface area contributed by atoms with Crippen LogP contribution in [0, 0.1) is 5.92 Å². The van der Waals surface area contributed by atoms with Crippen molar-refractivity contribution in [1.82, 2.24) is 9.80 Å². The van der Waals surface area contributed by atoms with Crippen molar-refractivity contribution in [2.24, 2.45) is 11.7 Å². The number of likely N-dealkylation sites (tertiary alicyclic amines) is 1. The molecule has 3 heteroatoms. The molecule has 0 radical (unpaired) electrons. The van der Waals surface area contributed by atoms with Gasteiger partial charge in [-0.25, -0.2) is 0 Å². The summed E-state index contributed by atoms with van der Waals surface area (Å²) in [6.07, 6.45) is 8.38. The summed E-state index contributed by atoms with van der Waals surface area (Å²) < 4.78 is 0. The van der Waals surface area contributed by atoms with Gasteiger partial charge in [0.2, 0.25) is 0 Å². The molecule has 1 heterocycles. The highest BCUT2D eigenvalue weighted by Crippen LogP contribution is 2.37. The molecule has 3 fully saturated rings. The van der Waals surface area contributed by atoms with Crippen molar-refractivity contribution < 1.29 is 0 Å². The molecule has 4 atom stereocenters. The van der Waals surface area contributed by atoms with Crippen LogP contribution in [0.15, 0.2) is 0 Å². The van der Waals surface area contributed by atoms with Gasteiger partial charge in [0, 0.05) is 30.7 Å². The van der Waals surface area contributed by atoms with E-state index < -0.39 is 0 Å². The predicted molar refractivity (Wildman–Crippen MR) is 80.2 cm³/mol. The number of nitrogens with zero attached hydrogens (tertiary/aromatic N) is 2. The van der Waals surface area contributed by atoms with Gasteiger partial charge in [-0.1, -0.05) is 13.3 Å².